The minimum Gasteiger partial charge on any atom is -0.480 e. The molecule has 0 spiro atoms. The highest BCUT2D eigenvalue weighted by Gasteiger charge is 2.31. The zero-order chi connectivity index (χ0) is 26.0. The van der Waals surface area contributed by atoms with Crippen LogP contribution in [-0.4, -0.2) is 76.2 Å². The van der Waals surface area contributed by atoms with Crippen molar-refractivity contribution in [3.05, 3.63) is 36.0 Å². The second kappa shape index (κ2) is 13.4. The number of fused-ring (bicyclic) bond motifs is 1. The predicted molar refractivity (Wildman–Crippen MR) is 129 cm³/mol. The summed E-state index contributed by atoms with van der Waals surface area (Å²) in [5.41, 5.74) is 13.1. The lowest BCUT2D eigenvalue weighted by atomic mass is 10.0. The highest BCUT2D eigenvalue weighted by Crippen LogP contribution is 2.19. The van der Waals surface area contributed by atoms with Gasteiger partial charge in [0.2, 0.25) is 17.7 Å². The van der Waals surface area contributed by atoms with Crippen LogP contribution >= 0.6 is 0 Å². The van der Waals surface area contributed by atoms with E-state index in [1.807, 2.05) is 24.3 Å². The number of carbonyl (C=O) groups is 4. The number of aromatic amines is 1. The summed E-state index contributed by atoms with van der Waals surface area (Å²) in [6.07, 6.45) is 2.23. The Morgan fingerprint density at radius 3 is 2.43 bits per heavy atom. The summed E-state index contributed by atoms with van der Waals surface area (Å²) in [7, 11) is 0. The van der Waals surface area contributed by atoms with Crippen LogP contribution in [0.5, 0.6) is 0 Å². The Bertz CT molecular complexity index is 1020. The van der Waals surface area contributed by atoms with Crippen molar-refractivity contribution in [1.82, 2.24) is 20.9 Å². The Balaban J connectivity index is 2.22. The minimum absolute atomic E-state index is 0.0837. The molecule has 3 amide bonds. The fourth-order valence-electron chi connectivity index (χ4n) is 3.58. The quantitative estimate of drug-likeness (QED) is 0.149. The lowest BCUT2D eigenvalue weighted by molar-refractivity contribution is -0.139. The maximum absolute atomic E-state index is 13.2. The van der Waals surface area contributed by atoms with Gasteiger partial charge in [-0.1, -0.05) is 24.6 Å². The molecular weight excluding hydrogens is 456 g/mol. The van der Waals surface area contributed by atoms with Crippen LogP contribution in [0.1, 0.15) is 31.7 Å². The van der Waals surface area contributed by atoms with Crippen LogP contribution in [0, 0.1) is 0 Å². The molecule has 1 heterocycles. The van der Waals surface area contributed by atoms with E-state index in [1.54, 1.807) is 6.20 Å². The van der Waals surface area contributed by atoms with E-state index in [1.165, 1.54) is 6.92 Å². The minimum atomic E-state index is -1.43. The van der Waals surface area contributed by atoms with Gasteiger partial charge in [0.15, 0.2) is 0 Å². The van der Waals surface area contributed by atoms with Gasteiger partial charge in [0.1, 0.15) is 18.6 Å². The van der Waals surface area contributed by atoms with Crippen LogP contribution in [0.3, 0.4) is 0 Å². The standard InChI is InChI=1S/C23H34N6O6/c1-13(30)20(23(35)27-12-19(31)32)29-22(34)18(28-21(33)16(25)7-4-5-9-24)10-14-11-26-17-8-3-2-6-15(14)17/h2-3,6,8,11,13,16,18,20,26,30H,4-5,7,9-10,12,24-25H2,1H3,(H,27,35)(H,28,33)(H,29,34)(H,31,32). The third-order valence-corrected chi connectivity index (χ3v) is 5.51. The summed E-state index contributed by atoms with van der Waals surface area (Å²) in [6, 6.07) is 4.05. The summed E-state index contributed by atoms with van der Waals surface area (Å²) in [5.74, 6) is -3.41. The number of nitrogens with one attached hydrogen (secondary N) is 4. The summed E-state index contributed by atoms with van der Waals surface area (Å²) in [4.78, 5) is 52.1. The monoisotopic (exact) mass is 490 g/mol. The lowest BCUT2D eigenvalue weighted by Crippen LogP contribution is -2.59. The van der Waals surface area contributed by atoms with Crippen molar-refractivity contribution in [2.24, 2.45) is 11.5 Å². The molecule has 4 atom stereocenters. The second-order valence-electron chi connectivity index (χ2n) is 8.35. The van der Waals surface area contributed by atoms with Crippen LogP contribution in [0.15, 0.2) is 30.5 Å². The van der Waals surface area contributed by atoms with Crippen molar-refractivity contribution in [2.45, 2.75) is 56.8 Å². The van der Waals surface area contributed by atoms with Crippen molar-refractivity contribution >= 4 is 34.6 Å². The fourth-order valence-corrected chi connectivity index (χ4v) is 3.58. The number of benzene rings is 1. The van der Waals surface area contributed by atoms with E-state index in [2.05, 4.69) is 20.9 Å². The number of nitrogens with two attached hydrogens (primary N) is 2. The molecule has 2 rings (SSSR count). The molecule has 0 fully saturated rings. The number of rotatable bonds is 14. The van der Waals surface area contributed by atoms with E-state index in [9.17, 15) is 24.3 Å². The molecular formula is C23H34N6O6. The highest BCUT2D eigenvalue weighted by atomic mass is 16.4. The molecule has 10 N–H and O–H groups in total. The number of aliphatic hydroxyl groups is 1. The van der Waals surface area contributed by atoms with E-state index in [4.69, 9.17) is 16.6 Å². The number of amides is 3. The topological polar surface area (TPSA) is 213 Å². The number of H-pyrrole nitrogens is 1. The normalized spacial score (nSPS) is 14.5. The van der Waals surface area contributed by atoms with Crippen LogP contribution in [-0.2, 0) is 25.6 Å². The van der Waals surface area contributed by atoms with Gasteiger partial charge in [0, 0.05) is 23.5 Å². The number of carbonyl (C=O) groups excluding carboxylic acids is 3. The van der Waals surface area contributed by atoms with E-state index >= 15 is 0 Å². The molecule has 0 saturated heterocycles. The van der Waals surface area contributed by atoms with E-state index in [-0.39, 0.29) is 6.42 Å². The molecule has 0 bridgehead atoms. The molecule has 0 aliphatic rings. The van der Waals surface area contributed by atoms with E-state index in [0.717, 1.165) is 16.5 Å². The number of aliphatic carboxylic acids is 1. The summed E-state index contributed by atoms with van der Waals surface area (Å²) in [6.45, 7) is 1.08. The lowest BCUT2D eigenvalue weighted by Gasteiger charge is -2.25. The third kappa shape index (κ3) is 8.35. The Morgan fingerprint density at radius 1 is 1.06 bits per heavy atom. The van der Waals surface area contributed by atoms with Gasteiger partial charge in [-0.05, 0) is 37.9 Å². The van der Waals surface area contributed by atoms with Crippen molar-refractivity contribution in [2.75, 3.05) is 13.1 Å². The van der Waals surface area contributed by atoms with Crippen molar-refractivity contribution in [1.29, 1.82) is 0 Å². The van der Waals surface area contributed by atoms with Crippen LogP contribution in [0.2, 0.25) is 0 Å². The fraction of sp³-hybridized carbons (Fsp3) is 0.478. The van der Waals surface area contributed by atoms with Crippen LogP contribution in [0.25, 0.3) is 10.9 Å². The molecule has 0 aliphatic heterocycles. The smallest absolute Gasteiger partial charge is 0.322 e. The molecule has 35 heavy (non-hydrogen) atoms. The SMILES string of the molecule is CC(O)C(NC(=O)C(Cc1c[nH]c2ccccc12)NC(=O)C(N)CCCCN)C(=O)NCC(=O)O. The molecule has 2 aromatic rings. The van der Waals surface area contributed by atoms with E-state index in [0.29, 0.717) is 25.8 Å². The summed E-state index contributed by atoms with van der Waals surface area (Å²) < 4.78 is 0. The molecule has 4 unspecified atom stereocenters. The van der Waals surface area contributed by atoms with Gasteiger partial charge in [-0.25, -0.2) is 0 Å². The van der Waals surface area contributed by atoms with Gasteiger partial charge in [0.05, 0.1) is 12.1 Å². The van der Waals surface area contributed by atoms with Gasteiger partial charge < -0.3 is 42.6 Å². The molecule has 12 nitrogen and oxygen atoms in total. The van der Waals surface area contributed by atoms with Crippen molar-refractivity contribution in [3.8, 4) is 0 Å². The first-order chi connectivity index (χ1) is 16.6. The third-order valence-electron chi connectivity index (χ3n) is 5.51. The maximum atomic E-state index is 13.2. The van der Waals surface area contributed by atoms with Gasteiger partial charge in [-0.15, -0.1) is 0 Å². The Labute approximate surface area is 202 Å². The number of unbranched alkanes of at least 4 members (excludes halogenated alkanes) is 1. The molecule has 12 heteroatoms. The Hall–Kier alpha value is -3.48. The van der Waals surface area contributed by atoms with Crippen LogP contribution < -0.4 is 27.4 Å². The van der Waals surface area contributed by atoms with Gasteiger partial charge >= 0.3 is 5.97 Å². The molecule has 0 aliphatic carbocycles. The number of hydrogen-bond acceptors (Lipinski definition) is 7. The molecule has 0 saturated carbocycles. The summed E-state index contributed by atoms with van der Waals surface area (Å²) >= 11 is 0. The molecule has 0 radical (unpaired) electrons. The number of hydrogen-bond donors (Lipinski definition) is 8. The first kappa shape index (κ1) is 27.8. The molecule has 1 aromatic heterocycles. The maximum Gasteiger partial charge on any atom is 0.322 e. The van der Waals surface area contributed by atoms with Crippen molar-refractivity contribution in [3.63, 3.8) is 0 Å². The van der Waals surface area contributed by atoms with Gasteiger partial charge in [0.25, 0.3) is 0 Å². The van der Waals surface area contributed by atoms with Crippen molar-refractivity contribution < 1.29 is 29.4 Å². The van der Waals surface area contributed by atoms with Gasteiger partial charge in [-0.2, -0.15) is 0 Å². The number of carboxylic acid groups (broad SMARTS) is 1. The molecule has 192 valence electrons. The number of para-hydroxylation sites is 1. The first-order valence-corrected chi connectivity index (χ1v) is 11.4. The predicted octanol–water partition coefficient (Wildman–Crippen LogP) is -1.28. The number of carboxylic acids is 1. The largest absolute Gasteiger partial charge is 0.480 e. The first-order valence-electron chi connectivity index (χ1n) is 11.4. The zero-order valence-electron chi connectivity index (χ0n) is 19.6. The van der Waals surface area contributed by atoms with Crippen LogP contribution in [0.4, 0.5) is 0 Å². The zero-order valence-corrected chi connectivity index (χ0v) is 19.6. The molecule has 1 aromatic carbocycles. The summed E-state index contributed by atoms with van der Waals surface area (Å²) in [5, 5.41) is 26.9. The number of aromatic nitrogens is 1. The second-order valence-corrected chi connectivity index (χ2v) is 8.35. The van der Waals surface area contributed by atoms with Gasteiger partial charge in [-0.3, -0.25) is 19.2 Å². The average Bonchev–Trinajstić information content (AvgIpc) is 3.23. The Kier molecular flexibility index (Phi) is 10.6. The highest BCUT2D eigenvalue weighted by molar-refractivity contribution is 5.94. The number of aliphatic hydroxyl groups excluding tert-OH is 1. The van der Waals surface area contributed by atoms with E-state index < -0.39 is 54.5 Å². The average molecular weight is 491 g/mol. The Morgan fingerprint density at radius 2 is 1.77 bits per heavy atom.